The van der Waals surface area contributed by atoms with Crippen LogP contribution in [0.3, 0.4) is 0 Å². The molecule has 26 heavy (non-hydrogen) atoms. The summed E-state index contributed by atoms with van der Waals surface area (Å²) in [5.41, 5.74) is 1.85. The molecule has 5 nitrogen and oxygen atoms in total. The minimum Gasteiger partial charge on any atom is -0.434 e. The Morgan fingerprint density at radius 2 is 1.88 bits per heavy atom. The number of aromatic nitrogens is 2. The molecule has 0 radical (unpaired) electrons. The minimum atomic E-state index is -2.92. The highest BCUT2D eigenvalue weighted by molar-refractivity contribution is 6.02. The second kappa shape index (κ2) is 8.06. The molecular formula is C19H15F2N3O2. The molecule has 3 aromatic rings. The lowest BCUT2D eigenvalue weighted by molar-refractivity contribution is -0.111. The number of amides is 1. The SMILES string of the molecule is O=C(/C=C/c1ccccc1OC(F)F)Nc1ccc(-n2cccn2)cc1. The Balaban J connectivity index is 1.65. The number of carbonyl (C=O) groups is 1. The summed E-state index contributed by atoms with van der Waals surface area (Å²) >= 11 is 0. The Hall–Kier alpha value is -3.48. The van der Waals surface area contributed by atoms with Crippen molar-refractivity contribution >= 4 is 17.7 Å². The van der Waals surface area contributed by atoms with Crippen molar-refractivity contribution in [2.75, 3.05) is 5.32 Å². The van der Waals surface area contributed by atoms with E-state index in [4.69, 9.17) is 0 Å². The van der Waals surface area contributed by atoms with Gasteiger partial charge in [0, 0.05) is 29.7 Å². The van der Waals surface area contributed by atoms with Crippen LogP contribution in [0.1, 0.15) is 5.56 Å². The van der Waals surface area contributed by atoms with Gasteiger partial charge in [-0.1, -0.05) is 18.2 Å². The lowest BCUT2D eigenvalue weighted by Gasteiger charge is -2.07. The molecule has 1 amide bonds. The van der Waals surface area contributed by atoms with Gasteiger partial charge in [0.15, 0.2) is 0 Å². The van der Waals surface area contributed by atoms with Gasteiger partial charge in [0.2, 0.25) is 5.91 Å². The zero-order valence-electron chi connectivity index (χ0n) is 13.5. The smallest absolute Gasteiger partial charge is 0.387 e. The molecule has 1 heterocycles. The maximum absolute atomic E-state index is 12.4. The van der Waals surface area contributed by atoms with Gasteiger partial charge in [-0.15, -0.1) is 0 Å². The molecule has 0 aliphatic carbocycles. The highest BCUT2D eigenvalue weighted by Gasteiger charge is 2.07. The molecule has 0 unspecified atom stereocenters. The topological polar surface area (TPSA) is 56.1 Å². The van der Waals surface area contributed by atoms with E-state index < -0.39 is 6.61 Å². The summed E-state index contributed by atoms with van der Waals surface area (Å²) in [5.74, 6) is -0.376. The summed E-state index contributed by atoms with van der Waals surface area (Å²) in [7, 11) is 0. The number of ether oxygens (including phenoxy) is 1. The molecule has 0 bridgehead atoms. The molecule has 1 aromatic heterocycles. The number of nitrogens with one attached hydrogen (secondary N) is 1. The number of hydrogen-bond acceptors (Lipinski definition) is 3. The van der Waals surface area contributed by atoms with Crippen LogP contribution < -0.4 is 10.1 Å². The fraction of sp³-hybridized carbons (Fsp3) is 0.0526. The summed E-state index contributed by atoms with van der Waals surface area (Å²) in [6, 6.07) is 15.2. The fourth-order valence-corrected chi connectivity index (χ4v) is 2.29. The van der Waals surface area contributed by atoms with Crippen molar-refractivity contribution in [2.45, 2.75) is 6.61 Å². The predicted octanol–water partition coefficient (Wildman–Crippen LogP) is 4.13. The summed E-state index contributed by atoms with van der Waals surface area (Å²) in [5, 5.41) is 6.82. The van der Waals surface area contributed by atoms with Crippen molar-refractivity contribution in [3.05, 3.63) is 78.6 Å². The lowest BCUT2D eigenvalue weighted by Crippen LogP contribution is -2.08. The third-order valence-corrected chi connectivity index (χ3v) is 3.45. The van der Waals surface area contributed by atoms with Gasteiger partial charge < -0.3 is 10.1 Å². The largest absolute Gasteiger partial charge is 0.434 e. The Bertz CT molecular complexity index is 891. The number of nitrogens with zero attached hydrogens (tertiary/aromatic N) is 2. The van der Waals surface area contributed by atoms with Gasteiger partial charge in [-0.05, 0) is 42.5 Å². The van der Waals surface area contributed by atoms with E-state index in [2.05, 4.69) is 15.2 Å². The second-order valence-electron chi connectivity index (χ2n) is 5.24. The number of benzene rings is 2. The van der Waals surface area contributed by atoms with Gasteiger partial charge in [0.1, 0.15) is 5.75 Å². The molecule has 132 valence electrons. The van der Waals surface area contributed by atoms with Crippen molar-refractivity contribution in [3.8, 4) is 11.4 Å². The number of rotatable bonds is 6. The zero-order chi connectivity index (χ0) is 18.4. The minimum absolute atomic E-state index is 0.00938. The quantitative estimate of drug-likeness (QED) is 0.677. The molecule has 0 saturated carbocycles. The second-order valence-corrected chi connectivity index (χ2v) is 5.24. The molecule has 0 aliphatic rings. The van der Waals surface area contributed by atoms with E-state index in [1.165, 1.54) is 18.2 Å². The van der Waals surface area contributed by atoms with E-state index >= 15 is 0 Å². The molecule has 0 spiro atoms. The first-order valence-electron chi connectivity index (χ1n) is 7.75. The molecule has 0 aliphatic heterocycles. The van der Waals surface area contributed by atoms with E-state index in [-0.39, 0.29) is 11.7 Å². The Kier molecular flexibility index (Phi) is 5.38. The van der Waals surface area contributed by atoms with Gasteiger partial charge in [-0.25, -0.2) is 4.68 Å². The van der Waals surface area contributed by atoms with Crippen molar-refractivity contribution in [1.82, 2.24) is 9.78 Å². The molecule has 0 saturated heterocycles. The highest BCUT2D eigenvalue weighted by atomic mass is 19.3. The number of halogens is 2. The standard InChI is InChI=1S/C19H15F2N3O2/c20-19(21)26-17-5-2-1-4-14(17)6-11-18(25)23-15-7-9-16(10-8-15)24-13-3-12-22-24/h1-13,19H,(H,23,25)/b11-6+. The molecule has 7 heteroatoms. The third kappa shape index (κ3) is 4.54. The van der Waals surface area contributed by atoms with E-state index in [0.717, 1.165) is 5.69 Å². The predicted molar refractivity (Wildman–Crippen MR) is 94.3 cm³/mol. The first-order valence-corrected chi connectivity index (χ1v) is 7.75. The van der Waals surface area contributed by atoms with Crippen LogP contribution >= 0.6 is 0 Å². The molecule has 2 aromatic carbocycles. The lowest BCUT2D eigenvalue weighted by atomic mass is 10.2. The summed E-state index contributed by atoms with van der Waals surface area (Å²) < 4.78 is 30.9. The summed E-state index contributed by atoms with van der Waals surface area (Å²) in [6.45, 7) is -2.92. The molecule has 0 fully saturated rings. The van der Waals surface area contributed by atoms with Gasteiger partial charge in [0.05, 0.1) is 5.69 Å². The highest BCUT2D eigenvalue weighted by Crippen LogP contribution is 2.21. The monoisotopic (exact) mass is 355 g/mol. The van der Waals surface area contributed by atoms with Crippen LogP contribution in [0.15, 0.2) is 73.1 Å². The summed E-state index contributed by atoms with van der Waals surface area (Å²) in [4.78, 5) is 12.0. The number of alkyl halides is 2. The van der Waals surface area contributed by atoms with Crippen molar-refractivity contribution in [3.63, 3.8) is 0 Å². The molecule has 0 atom stereocenters. The van der Waals surface area contributed by atoms with Crippen LogP contribution in [-0.4, -0.2) is 22.3 Å². The number of hydrogen-bond donors (Lipinski definition) is 1. The Morgan fingerprint density at radius 3 is 2.58 bits per heavy atom. The first kappa shape index (κ1) is 17.3. The van der Waals surface area contributed by atoms with Gasteiger partial charge in [-0.2, -0.15) is 13.9 Å². The fourth-order valence-electron chi connectivity index (χ4n) is 2.29. The van der Waals surface area contributed by atoms with Crippen LogP contribution in [0.5, 0.6) is 5.75 Å². The van der Waals surface area contributed by atoms with Crippen LogP contribution in [0.2, 0.25) is 0 Å². The maximum Gasteiger partial charge on any atom is 0.387 e. The zero-order valence-corrected chi connectivity index (χ0v) is 13.5. The molecule has 3 rings (SSSR count). The van der Waals surface area contributed by atoms with E-state index in [9.17, 15) is 13.6 Å². The van der Waals surface area contributed by atoms with E-state index in [0.29, 0.717) is 11.3 Å². The van der Waals surface area contributed by atoms with Crippen molar-refractivity contribution < 1.29 is 18.3 Å². The number of anilines is 1. The van der Waals surface area contributed by atoms with Crippen molar-refractivity contribution in [2.24, 2.45) is 0 Å². The number of para-hydroxylation sites is 1. The van der Waals surface area contributed by atoms with Gasteiger partial charge in [0.25, 0.3) is 0 Å². The van der Waals surface area contributed by atoms with Crippen molar-refractivity contribution in [1.29, 1.82) is 0 Å². The van der Waals surface area contributed by atoms with Crippen LogP contribution in [0, 0.1) is 0 Å². The van der Waals surface area contributed by atoms with E-state index in [1.807, 2.05) is 24.4 Å². The van der Waals surface area contributed by atoms with Crippen LogP contribution in [-0.2, 0) is 4.79 Å². The maximum atomic E-state index is 12.4. The Labute approximate surface area is 148 Å². The Morgan fingerprint density at radius 1 is 1.12 bits per heavy atom. The summed E-state index contributed by atoms with van der Waals surface area (Å²) in [6.07, 6.45) is 6.17. The average molecular weight is 355 g/mol. The van der Waals surface area contributed by atoms with Gasteiger partial charge in [-0.3, -0.25) is 4.79 Å². The normalized spacial score (nSPS) is 11.0. The van der Waals surface area contributed by atoms with Crippen LogP contribution in [0.4, 0.5) is 14.5 Å². The molecular weight excluding hydrogens is 340 g/mol. The first-order chi connectivity index (χ1) is 12.6. The average Bonchev–Trinajstić information content (AvgIpc) is 3.16. The molecule has 1 N–H and O–H groups in total. The number of carbonyl (C=O) groups excluding carboxylic acids is 1. The third-order valence-electron chi connectivity index (χ3n) is 3.45. The van der Waals surface area contributed by atoms with Crippen LogP contribution in [0.25, 0.3) is 11.8 Å². The van der Waals surface area contributed by atoms with Gasteiger partial charge >= 0.3 is 6.61 Å². The van der Waals surface area contributed by atoms with E-state index in [1.54, 1.807) is 41.2 Å².